The summed E-state index contributed by atoms with van der Waals surface area (Å²) >= 11 is 5.29. The van der Waals surface area contributed by atoms with Gasteiger partial charge in [0.05, 0.1) is 0 Å². The van der Waals surface area contributed by atoms with Crippen molar-refractivity contribution in [3.63, 3.8) is 0 Å². The zero-order valence-corrected chi connectivity index (χ0v) is 8.81. The third-order valence-electron chi connectivity index (χ3n) is 1.11. The van der Waals surface area contributed by atoms with Gasteiger partial charge in [-0.2, -0.15) is 0 Å². The number of aryl methyl sites for hydroxylation is 1. The molecule has 1 aromatic rings. The Kier molecular flexibility index (Phi) is 5.89. The van der Waals surface area contributed by atoms with E-state index in [1.807, 2.05) is 20.8 Å². The molecule has 1 rings (SSSR count). The Labute approximate surface area is 83.4 Å². The van der Waals surface area contributed by atoms with Crippen LogP contribution in [0.5, 0.6) is 0 Å². The number of nitrogens with zero attached hydrogens (tertiary/aromatic N) is 1. The van der Waals surface area contributed by atoms with Crippen LogP contribution < -0.4 is 0 Å². The number of nitrogens with one attached hydrogen (secondary N) is 2. The molecule has 0 radical (unpaired) electrons. The number of rotatable bonds is 2. The normalized spacial score (nSPS) is 9.54. The van der Waals surface area contributed by atoms with Crippen molar-refractivity contribution in [1.82, 2.24) is 9.97 Å². The third-order valence-corrected chi connectivity index (χ3v) is 1.24. The van der Waals surface area contributed by atoms with Gasteiger partial charge in [0.15, 0.2) is 0 Å². The molecule has 4 heteroatoms. The Balaban J connectivity index is 0.000000671. The SMILES string of the molecule is CC.Cc1cnc(/C=C\C(=N)Cl)[nH]1. The summed E-state index contributed by atoms with van der Waals surface area (Å²) in [4.78, 5) is 6.97. The largest absolute Gasteiger partial charge is 0.343 e. The predicted molar refractivity (Wildman–Crippen MR) is 57.3 cm³/mol. The van der Waals surface area contributed by atoms with E-state index in [9.17, 15) is 0 Å². The van der Waals surface area contributed by atoms with Gasteiger partial charge in [0.2, 0.25) is 0 Å². The predicted octanol–water partition coefficient (Wildman–Crippen LogP) is 2.97. The molecule has 0 amide bonds. The number of imidazole rings is 1. The van der Waals surface area contributed by atoms with E-state index in [0.717, 1.165) is 5.69 Å². The van der Waals surface area contributed by atoms with Gasteiger partial charge in [-0.25, -0.2) is 4.98 Å². The highest BCUT2D eigenvalue weighted by atomic mass is 35.5. The number of halogens is 1. The van der Waals surface area contributed by atoms with Gasteiger partial charge in [0, 0.05) is 11.9 Å². The maximum atomic E-state index is 6.89. The van der Waals surface area contributed by atoms with E-state index in [-0.39, 0.29) is 5.17 Å². The summed E-state index contributed by atoms with van der Waals surface area (Å²) < 4.78 is 0. The van der Waals surface area contributed by atoms with E-state index in [4.69, 9.17) is 17.0 Å². The van der Waals surface area contributed by atoms with Crippen molar-refractivity contribution < 1.29 is 0 Å². The van der Waals surface area contributed by atoms with Gasteiger partial charge in [-0.1, -0.05) is 25.4 Å². The first-order valence-electron chi connectivity index (χ1n) is 4.12. The summed E-state index contributed by atoms with van der Waals surface area (Å²) in [7, 11) is 0. The maximum Gasteiger partial charge on any atom is 0.130 e. The quantitative estimate of drug-likeness (QED) is 0.707. The molecule has 0 fully saturated rings. The maximum absolute atomic E-state index is 6.89. The molecule has 0 saturated heterocycles. The van der Waals surface area contributed by atoms with Gasteiger partial charge in [-0.15, -0.1) is 0 Å². The van der Waals surface area contributed by atoms with Crippen molar-refractivity contribution in [2.24, 2.45) is 0 Å². The molecule has 0 aliphatic heterocycles. The van der Waals surface area contributed by atoms with E-state index in [1.165, 1.54) is 6.08 Å². The standard InChI is InChI=1S/C7H8ClN3.C2H6/c1-5-4-10-7(11-5)3-2-6(8)9;1-2/h2-4,9H,1H3,(H,10,11);1-2H3/b3-2-,9-6?;. The number of aromatic amines is 1. The van der Waals surface area contributed by atoms with Gasteiger partial charge < -0.3 is 4.98 Å². The molecule has 0 spiro atoms. The molecule has 0 saturated carbocycles. The molecule has 2 N–H and O–H groups in total. The van der Waals surface area contributed by atoms with Crippen molar-refractivity contribution in [2.45, 2.75) is 20.8 Å². The number of hydrogen-bond donors (Lipinski definition) is 2. The van der Waals surface area contributed by atoms with Gasteiger partial charge in [-0.05, 0) is 19.1 Å². The highest BCUT2D eigenvalue weighted by Crippen LogP contribution is 1.97. The zero-order valence-electron chi connectivity index (χ0n) is 8.06. The summed E-state index contributed by atoms with van der Waals surface area (Å²) in [6.45, 7) is 5.91. The molecule has 0 aromatic carbocycles. The second kappa shape index (κ2) is 6.43. The molecule has 0 atom stereocenters. The summed E-state index contributed by atoms with van der Waals surface area (Å²) in [6.07, 6.45) is 4.85. The molecule has 0 aliphatic carbocycles. The van der Waals surface area contributed by atoms with Gasteiger partial charge in [0.1, 0.15) is 11.0 Å². The van der Waals surface area contributed by atoms with Crippen molar-refractivity contribution in [1.29, 1.82) is 5.41 Å². The summed E-state index contributed by atoms with van der Waals surface area (Å²) in [5, 5.41) is 6.89. The van der Waals surface area contributed by atoms with E-state index in [1.54, 1.807) is 12.3 Å². The molecular formula is C9H14ClN3. The van der Waals surface area contributed by atoms with E-state index in [0.29, 0.717) is 5.82 Å². The Morgan fingerprint density at radius 2 is 2.23 bits per heavy atom. The first kappa shape index (κ1) is 11.9. The molecule has 13 heavy (non-hydrogen) atoms. The minimum Gasteiger partial charge on any atom is -0.343 e. The lowest BCUT2D eigenvalue weighted by Crippen LogP contribution is -1.77. The van der Waals surface area contributed by atoms with Crippen LogP contribution >= 0.6 is 11.6 Å². The fourth-order valence-corrected chi connectivity index (χ4v) is 0.733. The van der Waals surface area contributed by atoms with Crippen molar-refractivity contribution in [3.8, 4) is 0 Å². The lowest BCUT2D eigenvalue weighted by molar-refractivity contribution is 1.22. The molecule has 0 aliphatic rings. The molecule has 72 valence electrons. The van der Waals surface area contributed by atoms with Crippen LogP contribution in [-0.4, -0.2) is 15.1 Å². The minimum absolute atomic E-state index is 0.000877. The second-order valence-electron chi connectivity index (χ2n) is 2.13. The Morgan fingerprint density at radius 1 is 1.62 bits per heavy atom. The van der Waals surface area contributed by atoms with Crippen molar-refractivity contribution in [3.05, 3.63) is 23.8 Å². The third kappa shape index (κ3) is 5.20. The highest BCUT2D eigenvalue weighted by molar-refractivity contribution is 6.67. The van der Waals surface area contributed by atoms with Crippen molar-refractivity contribution in [2.75, 3.05) is 0 Å². The number of hydrogen-bond acceptors (Lipinski definition) is 2. The van der Waals surface area contributed by atoms with Gasteiger partial charge >= 0.3 is 0 Å². The summed E-state index contributed by atoms with van der Waals surface area (Å²) in [5.41, 5.74) is 0.991. The first-order valence-corrected chi connectivity index (χ1v) is 4.50. The minimum atomic E-state index is -0.000877. The van der Waals surface area contributed by atoms with Crippen LogP contribution in [0.4, 0.5) is 0 Å². The smallest absolute Gasteiger partial charge is 0.130 e. The van der Waals surface area contributed by atoms with Crippen molar-refractivity contribution >= 4 is 22.8 Å². The molecule has 0 bridgehead atoms. The Morgan fingerprint density at radius 3 is 2.62 bits per heavy atom. The summed E-state index contributed by atoms with van der Waals surface area (Å²) in [5.74, 6) is 0.716. The van der Waals surface area contributed by atoms with E-state index < -0.39 is 0 Å². The zero-order chi connectivity index (χ0) is 10.3. The highest BCUT2D eigenvalue weighted by Gasteiger charge is 1.90. The van der Waals surface area contributed by atoms with Crippen LogP contribution in [0.1, 0.15) is 25.4 Å². The lowest BCUT2D eigenvalue weighted by Gasteiger charge is -1.82. The van der Waals surface area contributed by atoms with E-state index >= 15 is 0 Å². The van der Waals surface area contributed by atoms with Crippen LogP contribution in [0.2, 0.25) is 0 Å². The van der Waals surface area contributed by atoms with Gasteiger partial charge in [0.25, 0.3) is 0 Å². The van der Waals surface area contributed by atoms with Crippen LogP contribution in [0.15, 0.2) is 12.3 Å². The number of allylic oxidation sites excluding steroid dienone is 1. The topological polar surface area (TPSA) is 52.5 Å². The Hall–Kier alpha value is -1.09. The fourth-order valence-electron chi connectivity index (χ4n) is 0.670. The van der Waals surface area contributed by atoms with Gasteiger partial charge in [-0.3, -0.25) is 5.41 Å². The molecular weight excluding hydrogens is 186 g/mol. The average molecular weight is 200 g/mol. The number of H-pyrrole nitrogens is 1. The van der Waals surface area contributed by atoms with Crippen LogP contribution in [0.3, 0.4) is 0 Å². The van der Waals surface area contributed by atoms with Crippen LogP contribution in [-0.2, 0) is 0 Å². The molecule has 1 aromatic heterocycles. The average Bonchev–Trinajstić information content (AvgIpc) is 2.52. The Bertz CT molecular complexity index is 289. The molecule has 3 nitrogen and oxygen atoms in total. The second-order valence-corrected chi connectivity index (χ2v) is 2.54. The van der Waals surface area contributed by atoms with Crippen LogP contribution in [0, 0.1) is 12.3 Å². The van der Waals surface area contributed by atoms with E-state index in [2.05, 4.69) is 9.97 Å². The number of aromatic nitrogens is 2. The monoisotopic (exact) mass is 199 g/mol. The molecule has 1 heterocycles. The van der Waals surface area contributed by atoms with Crippen LogP contribution in [0.25, 0.3) is 6.08 Å². The lowest BCUT2D eigenvalue weighted by atomic mass is 10.5. The molecule has 0 unspecified atom stereocenters. The first-order chi connectivity index (χ1) is 6.18. The summed E-state index contributed by atoms with van der Waals surface area (Å²) in [6, 6.07) is 0. The fraction of sp³-hybridized carbons (Fsp3) is 0.333.